The van der Waals surface area contributed by atoms with Crippen molar-refractivity contribution in [3.8, 4) is 11.5 Å². The first-order valence-corrected chi connectivity index (χ1v) is 11.4. The van der Waals surface area contributed by atoms with Crippen LogP contribution in [0.5, 0.6) is 11.5 Å². The molecule has 4 aliphatic rings. The van der Waals surface area contributed by atoms with Crippen molar-refractivity contribution in [2.75, 3.05) is 39.5 Å². The summed E-state index contributed by atoms with van der Waals surface area (Å²) in [5, 5.41) is 3.26. The third-order valence-corrected chi connectivity index (χ3v) is 7.30. The van der Waals surface area contributed by atoms with Gasteiger partial charge in [0.25, 0.3) is 0 Å². The summed E-state index contributed by atoms with van der Waals surface area (Å²) in [6, 6.07) is 6.75. The first-order valence-electron chi connectivity index (χ1n) is 11.4. The number of benzene rings is 1. The Balaban J connectivity index is 1.04. The minimum absolute atomic E-state index is 0.271. The normalized spacial score (nSPS) is 29.7. The van der Waals surface area contributed by atoms with Crippen LogP contribution in [-0.4, -0.2) is 61.3 Å². The van der Waals surface area contributed by atoms with E-state index in [0.29, 0.717) is 24.7 Å². The van der Waals surface area contributed by atoms with E-state index in [2.05, 4.69) is 27.2 Å². The smallest absolute Gasteiger partial charge is 0.231 e. The van der Waals surface area contributed by atoms with Crippen LogP contribution in [0.3, 0.4) is 0 Å². The van der Waals surface area contributed by atoms with E-state index in [9.17, 15) is 4.79 Å². The van der Waals surface area contributed by atoms with Gasteiger partial charge in [0, 0.05) is 44.7 Å². The lowest BCUT2D eigenvalue weighted by Crippen LogP contribution is -2.46. The summed E-state index contributed by atoms with van der Waals surface area (Å²) in [6.45, 7) is 6.86. The van der Waals surface area contributed by atoms with E-state index in [1.807, 2.05) is 6.07 Å². The molecule has 1 aromatic carbocycles. The predicted molar refractivity (Wildman–Crippen MR) is 111 cm³/mol. The number of nitrogens with one attached hydrogen (secondary N) is 1. The van der Waals surface area contributed by atoms with Crippen molar-refractivity contribution < 1.29 is 14.3 Å². The highest BCUT2D eigenvalue weighted by molar-refractivity contribution is 5.81. The molecule has 1 saturated carbocycles. The SMILES string of the molecule is O=C1NC2CCCCC2C1CCCN1CCN(Cc2ccc3c(c2)OCO3)CC1. The summed E-state index contributed by atoms with van der Waals surface area (Å²) < 4.78 is 10.9. The number of ether oxygens (including phenoxy) is 2. The monoisotopic (exact) mass is 399 g/mol. The standard InChI is InChI=1S/C23H33N3O3/c27-23-19(18-4-1-2-6-20(18)24-23)5-3-9-25-10-12-26(13-11-25)15-17-7-8-21-22(14-17)29-16-28-21/h7-8,14,18-20H,1-6,9-13,15-16H2,(H,24,27). The summed E-state index contributed by atoms with van der Waals surface area (Å²) in [4.78, 5) is 17.5. The molecule has 3 fully saturated rings. The molecule has 158 valence electrons. The van der Waals surface area contributed by atoms with Crippen LogP contribution in [0.4, 0.5) is 0 Å². The number of amides is 1. The molecule has 3 unspecified atom stereocenters. The number of hydrogen-bond donors (Lipinski definition) is 1. The molecule has 6 nitrogen and oxygen atoms in total. The summed E-state index contributed by atoms with van der Waals surface area (Å²) in [5.41, 5.74) is 1.29. The number of piperazine rings is 1. The Labute approximate surface area is 173 Å². The van der Waals surface area contributed by atoms with E-state index < -0.39 is 0 Å². The highest BCUT2D eigenvalue weighted by Crippen LogP contribution is 2.37. The van der Waals surface area contributed by atoms with E-state index in [1.165, 1.54) is 31.2 Å². The molecule has 0 radical (unpaired) electrons. The number of hydrogen-bond acceptors (Lipinski definition) is 5. The Bertz CT molecular complexity index is 732. The van der Waals surface area contributed by atoms with Crippen LogP contribution in [-0.2, 0) is 11.3 Å². The van der Waals surface area contributed by atoms with Crippen LogP contribution in [0.15, 0.2) is 18.2 Å². The molecule has 1 aliphatic carbocycles. The molecule has 29 heavy (non-hydrogen) atoms. The third-order valence-electron chi connectivity index (χ3n) is 7.30. The predicted octanol–water partition coefficient (Wildman–Crippen LogP) is 2.62. The second-order valence-corrected chi connectivity index (χ2v) is 9.12. The molecular weight excluding hydrogens is 366 g/mol. The molecule has 5 rings (SSSR count). The van der Waals surface area contributed by atoms with Crippen molar-refractivity contribution >= 4 is 5.91 Å². The fraction of sp³-hybridized carbons (Fsp3) is 0.696. The van der Waals surface area contributed by atoms with Crippen molar-refractivity contribution in [3.63, 3.8) is 0 Å². The van der Waals surface area contributed by atoms with Crippen LogP contribution in [0, 0.1) is 11.8 Å². The van der Waals surface area contributed by atoms with Gasteiger partial charge in [0.2, 0.25) is 12.7 Å². The van der Waals surface area contributed by atoms with Gasteiger partial charge in [0.1, 0.15) is 0 Å². The number of carbonyl (C=O) groups is 1. The van der Waals surface area contributed by atoms with Crippen molar-refractivity contribution in [1.29, 1.82) is 0 Å². The Kier molecular flexibility index (Phi) is 5.64. The molecular formula is C23H33N3O3. The maximum atomic E-state index is 12.4. The van der Waals surface area contributed by atoms with E-state index in [4.69, 9.17) is 9.47 Å². The fourth-order valence-electron chi connectivity index (χ4n) is 5.65. The van der Waals surface area contributed by atoms with Gasteiger partial charge in [-0.05, 0) is 55.8 Å². The van der Waals surface area contributed by atoms with E-state index in [1.54, 1.807) is 0 Å². The largest absolute Gasteiger partial charge is 0.454 e. The summed E-state index contributed by atoms with van der Waals surface area (Å²) in [5.74, 6) is 2.93. The maximum Gasteiger partial charge on any atom is 0.231 e. The molecule has 3 aliphatic heterocycles. The molecule has 3 heterocycles. The minimum atomic E-state index is 0.271. The minimum Gasteiger partial charge on any atom is -0.454 e. The van der Waals surface area contributed by atoms with E-state index in [-0.39, 0.29) is 5.92 Å². The Morgan fingerprint density at radius 1 is 1.00 bits per heavy atom. The van der Waals surface area contributed by atoms with Crippen LogP contribution >= 0.6 is 0 Å². The molecule has 6 heteroatoms. The van der Waals surface area contributed by atoms with Crippen molar-refractivity contribution in [3.05, 3.63) is 23.8 Å². The summed E-state index contributed by atoms with van der Waals surface area (Å²) in [6.07, 6.45) is 7.22. The van der Waals surface area contributed by atoms with Gasteiger partial charge in [0.15, 0.2) is 11.5 Å². The first-order chi connectivity index (χ1) is 14.3. The van der Waals surface area contributed by atoms with Gasteiger partial charge >= 0.3 is 0 Å². The van der Waals surface area contributed by atoms with Crippen LogP contribution in [0.25, 0.3) is 0 Å². The maximum absolute atomic E-state index is 12.4. The average molecular weight is 400 g/mol. The number of rotatable bonds is 6. The van der Waals surface area contributed by atoms with Crippen LogP contribution in [0.1, 0.15) is 44.1 Å². The summed E-state index contributed by atoms with van der Waals surface area (Å²) >= 11 is 0. The van der Waals surface area contributed by atoms with E-state index in [0.717, 1.165) is 63.6 Å². The highest BCUT2D eigenvalue weighted by atomic mass is 16.7. The van der Waals surface area contributed by atoms with Crippen LogP contribution < -0.4 is 14.8 Å². The van der Waals surface area contributed by atoms with Crippen LogP contribution in [0.2, 0.25) is 0 Å². The Hall–Kier alpha value is -1.79. The van der Waals surface area contributed by atoms with Crippen molar-refractivity contribution in [1.82, 2.24) is 15.1 Å². The molecule has 3 atom stereocenters. The Morgan fingerprint density at radius 2 is 1.79 bits per heavy atom. The number of fused-ring (bicyclic) bond motifs is 2. The van der Waals surface area contributed by atoms with E-state index >= 15 is 0 Å². The topological polar surface area (TPSA) is 54.0 Å². The molecule has 1 amide bonds. The molecule has 2 saturated heterocycles. The lowest BCUT2D eigenvalue weighted by Gasteiger charge is -2.35. The Morgan fingerprint density at radius 3 is 2.69 bits per heavy atom. The average Bonchev–Trinajstić information content (AvgIpc) is 3.33. The van der Waals surface area contributed by atoms with Gasteiger partial charge in [-0.25, -0.2) is 0 Å². The number of nitrogens with zero attached hydrogens (tertiary/aromatic N) is 2. The van der Waals surface area contributed by atoms with Crippen molar-refractivity contribution in [2.24, 2.45) is 11.8 Å². The molecule has 0 aromatic heterocycles. The zero-order chi connectivity index (χ0) is 19.6. The van der Waals surface area contributed by atoms with Gasteiger partial charge in [0.05, 0.1) is 0 Å². The second kappa shape index (κ2) is 8.52. The van der Waals surface area contributed by atoms with Gasteiger partial charge in [-0.1, -0.05) is 18.9 Å². The molecule has 1 N–H and O–H groups in total. The van der Waals surface area contributed by atoms with Gasteiger partial charge in [-0.3, -0.25) is 9.69 Å². The highest BCUT2D eigenvalue weighted by Gasteiger charge is 2.42. The zero-order valence-electron chi connectivity index (χ0n) is 17.3. The number of carbonyl (C=O) groups excluding carboxylic acids is 1. The quantitative estimate of drug-likeness (QED) is 0.797. The lowest BCUT2D eigenvalue weighted by molar-refractivity contribution is -0.123. The fourth-order valence-corrected chi connectivity index (χ4v) is 5.65. The lowest BCUT2D eigenvalue weighted by atomic mass is 9.78. The third kappa shape index (κ3) is 4.24. The molecule has 0 spiro atoms. The second-order valence-electron chi connectivity index (χ2n) is 9.12. The van der Waals surface area contributed by atoms with Gasteiger partial charge in [-0.2, -0.15) is 0 Å². The van der Waals surface area contributed by atoms with Crippen molar-refractivity contribution in [2.45, 2.75) is 51.1 Å². The van der Waals surface area contributed by atoms with Gasteiger partial charge < -0.3 is 19.7 Å². The van der Waals surface area contributed by atoms with Gasteiger partial charge in [-0.15, -0.1) is 0 Å². The summed E-state index contributed by atoms with van der Waals surface area (Å²) in [7, 11) is 0. The molecule has 1 aromatic rings. The zero-order valence-corrected chi connectivity index (χ0v) is 17.3. The first kappa shape index (κ1) is 19.2. The molecule has 0 bridgehead atoms.